The van der Waals surface area contributed by atoms with E-state index in [4.69, 9.17) is 0 Å². The fourth-order valence-electron chi connectivity index (χ4n) is 1.86. The molecule has 0 saturated heterocycles. The first kappa shape index (κ1) is 8.92. The molecule has 1 aliphatic heterocycles. The van der Waals surface area contributed by atoms with Gasteiger partial charge >= 0.3 is 0 Å². The van der Waals surface area contributed by atoms with Gasteiger partial charge in [0.25, 0.3) is 0 Å². The second-order valence-corrected chi connectivity index (χ2v) is 4.30. The Morgan fingerprint density at radius 2 is 2.15 bits per heavy atom. The lowest BCUT2D eigenvalue weighted by Gasteiger charge is -2.25. The van der Waals surface area contributed by atoms with E-state index in [0.717, 1.165) is 12.3 Å². The summed E-state index contributed by atoms with van der Waals surface area (Å²) in [5.41, 5.74) is 2.67. The molecular formula is C11H18N2. The van der Waals surface area contributed by atoms with Crippen molar-refractivity contribution in [3.63, 3.8) is 0 Å². The minimum Gasteiger partial charge on any atom is -0.159 e. The topological polar surface area (TPSA) is 24.7 Å². The van der Waals surface area contributed by atoms with Crippen molar-refractivity contribution in [1.29, 1.82) is 0 Å². The Morgan fingerprint density at radius 3 is 2.69 bits per heavy atom. The van der Waals surface area contributed by atoms with Gasteiger partial charge in [-0.15, -0.1) is 0 Å². The molecule has 0 spiro atoms. The van der Waals surface area contributed by atoms with Crippen molar-refractivity contribution >= 4 is 11.4 Å². The highest BCUT2D eigenvalue weighted by Gasteiger charge is 2.27. The fraction of sp³-hybridized carbons (Fsp3) is 0.818. The molecule has 1 aliphatic carbocycles. The lowest BCUT2D eigenvalue weighted by atomic mass is 9.79. The summed E-state index contributed by atoms with van der Waals surface area (Å²) >= 11 is 0. The quantitative estimate of drug-likeness (QED) is 0.634. The van der Waals surface area contributed by atoms with Gasteiger partial charge in [-0.05, 0) is 31.1 Å². The smallest absolute Gasteiger partial charge is 0.0493 e. The first-order valence-electron chi connectivity index (χ1n) is 5.44. The van der Waals surface area contributed by atoms with E-state index in [2.05, 4.69) is 24.1 Å². The number of hydrogen-bond donors (Lipinski definition) is 0. The molecule has 13 heavy (non-hydrogen) atoms. The second kappa shape index (κ2) is 3.60. The predicted molar refractivity (Wildman–Crippen MR) is 56.3 cm³/mol. The Morgan fingerprint density at radius 1 is 1.38 bits per heavy atom. The summed E-state index contributed by atoms with van der Waals surface area (Å²) < 4.78 is 0. The van der Waals surface area contributed by atoms with Crippen LogP contribution in [0.25, 0.3) is 0 Å². The van der Waals surface area contributed by atoms with Crippen LogP contribution in [0.5, 0.6) is 0 Å². The van der Waals surface area contributed by atoms with E-state index >= 15 is 0 Å². The average molecular weight is 178 g/mol. The van der Waals surface area contributed by atoms with E-state index in [-0.39, 0.29) is 0 Å². The van der Waals surface area contributed by atoms with Gasteiger partial charge in [-0.1, -0.05) is 20.3 Å². The zero-order valence-electron chi connectivity index (χ0n) is 8.58. The molecule has 0 aromatic rings. The minimum absolute atomic E-state index is 0.626. The maximum absolute atomic E-state index is 4.31. The van der Waals surface area contributed by atoms with Crippen molar-refractivity contribution in [3.05, 3.63) is 0 Å². The molecule has 1 unspecified atom stereocenters. The highest BCUT2D eigenvalue weighted by Crippen LogP contribution is 2.31. The monoisotopic (exact) mass is 178 g/mol. The van der Waals surface area contributed by atoms with Crippen LogP contribution >= 0.6 is 0 Å². The third-order valence-electron chi connectivity index (χ3n) is 3.43. The SMILES string of the molecule is CCC(C)C1=NN=C(C2CCC2)C1. The lowest BCUT2D eigenvalue weighted by molar-refractivity contribution is 0.411. The van der Waals surface area contributed by atoms with Crippen molar-refractivity contribution < 1.29 is 0 Å². The molecule has 1 atom stereocenters. The summed E-state index contributed by atoms with van der Waals surface area (Å²) in [7, 11) is 0. The van der Waals surface area contributed by atoms with Gasteiger partial charge in [0.15, 0.2) is 0 Å². The minimum atomic E-state index is 0.626. The molecule has 2 heteroatoms. The highest BCUT2D eigenvalue weighted by molar-refractivity contribution is 6.09. The van der Waals surface area contributed by atoms with Crippen molar-refractivity contribution in [3.8, 4) is 0 Å². The second-order valence-electron chi connectivity index (χ2n) is 4.30. The third-order valence-corrected chi connectivity index (χ3v) is 3.43. The van der Waals surface area contributed by atoms with Crippen LogP contribution in [0.2, 0.25) is 0 Å². The van der Waals surface area contributed by atoms with E-state index in [9.17, 15) is 0 Å². The van der Waals surface area contributed by atoms with Crippen LogP contribution in [0.3, 0.4) is 0 Å². The van der Waals surface area contributed by atoms with Crippen LogP contribution in [-0.2, 0) is 0 Å². The summed E-state index contributed by atoms with van der Waals surface area (Å²) in [5, 5.41) is 8.61. The zero-order valence-corrected chi connectivity index (χ0v) is 8.58. The Kier molecular flexibility index (Phi) is 2.47. The zero-order chi connectivity index (χ0) is 9.26. The van der Waals surface area contributed by atoms with Gasteiger partial charge in [-0.3, -0.25) is 0 Å². The number of nitrogens with zero attached hydrogens (tertiary/aromatic N) is 2. The van der Waals surface area contributed by atoms with Gasteiger partial charge in [0, 0.05) is 17.8 Å². The molecule has 0 bridgehead atoms. The predicted octanol–water partition coefficient (Wildman–Crippen LogP) is 3.03. The molecule has 72 valence electrons. The molecule has 0 aromatic heterocycles. The standard InChI is InChI=1S/C11H18N2/c1-3-8(2)10-7-11(13-12-10)9-5-4-6-9/h8-9H,3-7H2,1-2H3. The van der Waals surface area contributed by atoms with E-state index < -0.39 is 0 Å². The molecule has 0 amide bonds. The summed E-state index contributed by atoms with van der Waals surface area (Å²) in [6.07, 6.45) is 6.35. The highest BCUT2D eigenvalue weighted by atomic mass is 15.2. The van der Waals surface area contributed by atoms with Gasteiger partial charge in [0.2, 0.25) is 0 Å². The molecule has 0 N–H and O–H groups in total. The molecule has 1 fully saturated rings. The lowest BCUT2D eigenvalue weighted by Crippen LogP contribution is -2.23. The summed E-state index contributed by atoms with van der Waals surface area (Å²) in [6.45, 7) is 4.46. The first-order valence-corrected chi connectivity index (χ1v) is 5.44. The van der Waals surface area contributed by atoms with Crippen molar-refractivity contribution in [2.75, 3.05) is 0 Å². The molecule has 0 aromatic carbocycles. The molecule has 1 saturated carbocycles. The average Bonchev–Trinajstić information content (AvgIpc) is 2.49. The van der Waals surface area contributed by atoms with Crippen LogP contribution < -0.4 is 0 Å². The maximum atomic E-state index is 4.31. The fourth-order valence-corrected chi connectivity index (χ4v) is 1.86. The van der Waals surface area contributed by atoms with E-state index in [0.29, 0.717) is 5.92 Å². The van der Waals surface area contributed by atoms with Crippen LogP contribution in [0, 0.1) is 11.8 Å². The van der Waals surface area contributed by atoms with Crippen molar-refractivity contribution in [2.24, 2.45) is 22.0 Å². The summed E-state index contributed by atoms with van der Waals surface area (Å²) in [6, 6.07) is 0. The number of hydrogen-bond acceptors (Lipinski definition) is 2. The Labute approximate surface area is 80.1 Å². The van der Waals surface area contributed by atoms with E-state index in [1.54, 1.807) is 0 Å². The summed E-state index contributed by atoms with van der Waals surface area (Å²) in [4.78, 5) is 0. The normalized spacial score (nSPS) is 25.1. The summed E-state index contributed by atoms with van der Waals surface area (Å²) in [5.74, 6) is 1.41. The van der Waals surface area contributed by atoms with Crippen LogP contribution in [0.1, 0.15) is 46.0 Å². The first-order chi connectivity index (χ1) is 6.31. The van der Waals surface area contributed by atoms with Gasteiger partial charge in [0.05, 0.1) is 0 Å². The van der Waals surface area contributed by atoms with Crippen LogP contribution in [-0.4, -0.2) is 11.4 Å². The van der Waals surface area contributed by atoms with Crippen molar-refractivity contribution in [1.82, 2.24) is 0 Å². The Balaban J connectivity index is 1.89. The Bertz CT molecular complexity index is 230. The molecule has 0 radical (unpaired) electrons. The Hall–Kier alpha value is -0.660. The van der Waals surface area contributed by atoms with Crippen LogP contribution in [0.4, 0.5) is 0 Å². The molecular weight excluding hydrogens is 160 g/mol. The largest absolute Gasteiger partial charge is 0.159 e. The van der Waals surface area contributed by atoms with Crippen LogP contribution in [0.15, 0.2) is 10.2 Å². The van der Waals surface area contributed by atoms with Gasteiger partial charge < -0.3 is 0 Å². The van der Waals surface area contributed by atoms with Gasteiger partial charge in [-0.2, -0.15) is 10.2 Å². The van der Waals surface area contributed by atoms with Crippen molar-refractivity contribution in [2.45, 2.75) is 46.0 Å². The molecule has 2 aliphatic rings. The molecule has 2 nitrogen and oxygen atoms in total. The van der Waals surface area contributed by atoms with Gasteiger partial charge in [-0.25, -0.2) is 0 Å². The van der Waals surface area contributed by atoms with E-state index in [1.165, 1.54) is 37.1 Å². The maximum Gasteiger partial charge on any atom is 0.0493 e. The molecule has 2 rings (SSSR count). The van der Waals surface area contributed by atoms with Gasteiger partial charge in [0.1, 0.15) is 0 Å². The molecule has 1 heterocycles. The third kappa shape index (κ3) is 1.67. The number of rotatable bonds is 3. The van der Waals surface area contributed by atoms with E-state index in [1.807, 2.05) is 0 Å².